The molecule has 0 atom stereocenters. The largest absolute Gasteiger partial charge is 0.457 e. The number of carbonyl (C=O) groups excluding carboxylic acids is 1. The zero-order chi connectivity index (χ0) is 21.4. The molecule has 3 N–H and O–H groups in total. The number of rotatable bonds is 5. The van der Waals surface area contributed by atoms with Gasteiger partial charge in [0, 0.05) is 18.5 Å². The van der Waals surface area contributed by atoms with Crippen LogP contribution < -0.4 is 10.5 Å². The van der Waals surface area contributed by atoms with Gasteiger partial charge in [0.25, 0.3) is 5.91 Å². The van der Waals surface area contributed by atoms with Crippen molar-refractivity contribution in [1.29, 1.82) is 0 Å². The first kappa shape index (κ1) is 19.0. The van der Waals surface area contributed by atoms with E-state index in [0.717, 1.165) is 42.2 Å². The topological polar surface area (TPSA) is 88.7 Å². The molecule has 0 saturated carbocycles. The van der Waals surface area contributed by atoms with Crippen molar-refractivity contribution in [2.75, 3.05) is 6.54 Å². The van der Waals surface area contributed by atoms with E-state index in [2.05, 4.69) is 16.2 Å². The van der Waals surface area contributed by atoms with Crippen molar-refractivity contribution in [1.82, 2.24) is 19.5 Å². The highest BCUT2D eigenvalue weighted by atomic mass is 16.5. The Morgan fingerprint density at radius 3 is 2.58 bits per heavy atom. The fourth-order valence-electron chi connectivity index (χ4n) is 4.04. The molecule has 1 aliphatic rings. The number of primary amides is 1. The number of allylic oxidation sites excluding steroid dienone is 1. The Bertz CT molecular complexity index is 1270. The first-order valence-corrected chi connectivity index (χ1v) is 10.3. The highest BCUT2D eigenvalue weighted by molar-refractivity contribution is 6.04. The van der Waals surface area contributed by atoms with E-state index in [0.29, 0.717) is 22.7 Å². The van der Waals surface area contributed by atoms with E-state index in [4.69, 9.17) is 15.5 Å². The van der Waals surface area contributed by atoms with Crippen LogP contribution in [0.3, 0.4) is 0 Å². The number of nitrogens with zero attached hydrogens (tertiary/aromatic N) is 3. The number of hydrogen-bond acceptors (Lipinski definition) is 4. The highest BCUT2D eigenvalue weighted by Crippen LogP contribution is 2.31. The van der Waals surface area contributed by atoms with Crippen molar-refractivity contribution in [3.63, 3.8) is 0 Å². The second kappa shape index (κ2) is 7.68. The van der Waals surface area contributed by atoms with E-state index >= 15 is 0 Å². The van der Waals surface area contributed by atoms with Crippen molar-refractivity contribution in [2.45, 2.75) is 19.9 Å². The maximum atomic E-state index is 12.4. The number of nitrogens with two attached hydrogens (primary N) is 1. The number of H-pyrrole nitrogens is 1. The summed E-state index contributed by atoms with van der Waals surface area (Å²) in [5, 5.41) is 3.36. The number of aromatic nitrogens is 3. The summed E-state index contributed by atoms with van der Waals surface area (Å²) < 4.78 is 7.77. The number of benzene rings is 2. The first-order chi connectivity index (χ1) is 15.1. The lowest BCUT2D eigenvalue weighted by molar-refractivity contribution is 0.100. The number of amides is 1. The van der Waals surface area contributed by atoms with Crippen LogP contribution in [0.1, 0.15) is 28.7 Å². The Morgan fingerprint density at radius 1 is 1.13 bits per heavy atom. The van der Waals surface area contributed by atoms with E-state index < -0.39 is 5.91 Å². The summed E-state index contributed by atoms with van der Waals surface area (Å²) >= 11 is 0. The van der Waals surface area contributed by atoms with Gasteiger partial charge in [0.05, 0.1) is 23.6 Å². The smallest absolute Gasteiger partial charge is 0.254 e. The lowest BCUT2D eigenvalue weighted by atomic mass is 10.1. The van der Waals surface area contributed by atoms with E-state index in [1.54, 1.807) is 0 Å². The van der Waals surface area contributed by atoms with Gasteiger partial charge >= 0.3 is 0 Å². The van der Waals surface area contributed by atoms with Crippen molar-refractivity contribution >= 4 is 11.6 Å². The molecule has 2 aromatic carbocycles. The predicted molar refractivity (Wildman–Crippen MR) is 119 cm³/mol. The molecule has 4 aromatic rings. The summed E-state index contributed by atoms with van der Waals surface area (Å²) in [5.74, 6) is 0.980. The summed E-state index contributed by atoms with van der Waals surface area (Å²) in [4.78, 5) is 19.3. The molecule has 31 heavy (non-hydrogen) atoms. The fraction of sp³-hybridized carbons (Fsp3) is 0.167. The number of hydrogen-bond donors (Lipinski definition) is 2. The number of fused-ring (bicyclic) bond motifs is 3. The molecule has 7 heteroatoms. The third-order valence-corrected chi connectivity index (χ3v) is 5.47. The summed E-state index contributed by atoms with van der Waals surface area (Å²) in [6, 6.07) is 17.2. The first-order valence-electron chi connectivity index (χ1n) is 10.3. The van der Waals surface area contributed by atoms with Gasteiger partial charge in [-0.1, -0.05) is 24.3 Å². The minimum Gasteiger partial charge on any atom is -0.457 e. The average Bonchev–Trinajstić information content (AvgIpc) is 3.31. The number of carbonyl (C=O) groups is 1. The molecular formula is C24H23N5O2. The molecule has 1 amide bonds. The van der Waals surface area contributed by atoms with Crippen molar-refractivity contribution < 1.29 is 9.53 Å². The van der Waals surface area contributed by atoms with Gasteiger partial charge in [-0.15, -0.1) is 0 Å². The van der Waals surface area contributed by atoms with E-state index in [9.17, 15) is 4.79 Å². The highest BCUT2D eigenvalue weighted by Gasteiger charge is 2.26. The SMILES string of the molecule is CC=CN1CCc2nc3c(C(N)=O)c(-c4ccc(Oc5ccccc5)cc4)[nH]n3c2C1. The molecule has 0 radical (unpaired) electrons. The second-order valence-corrected chi connectivity index (χ2v) is 7.53. The van der Waals surface area contributed by atoms with Gasteiger partial charge in [-0.2, -0.15) is 0 Å². The zero-order valence-corrected chi connectivity index (χ0v) is 17.2. The van der Waals surface area contributed by atoms with Gasteiger partial charge in [0.1, 0.15) is 17.1 Å². The molecule has 0 spiro atoms. The Labute approximate surface area is 179 Å². The molecule has 2 aromatic heterocycles. The molecule has 7 nitrogen and oxygen atoms in total. The predicted octanol–water partition coefficient (Wildman–Crippen LogP) is 4.11. The second-order valence-electron chi connectivity index (χ2n) is 7.53. The van der Waals surface area contributed by atoms with Gasteiger partial charge in [0.2, 0.25) is 0 Å². The van der Waals surface area contributed by atoms with Crippen LogP contribution >= 0.6 is 0 Å². The average molecular weight is 413 g/mol. The van der Waals surface area contributed by atoms with Crippen LogP contribution in [0.4, 0.5) is 0 Å². The molecule has 3 heterocycles. The Morgan fingerprint density at radius 2 is 1.87 bits per heavy atom. The summed E-state index contributed by atoms with van der Waals surface area (Å²) in [6.07, 6.45) is 4.93. The fourth-order valence-corrected chi connectivity index (χ4v) is 4.04. The standard InChI is InChI=1S/C24H23N5O2/c1-2-13-28-14-12-19-20(15-28)29-24(26-19)21(23(25)30)22(27-29)16-8-10-18(11-9-16)31-17-6-4-3-5-7-17/h2-11,13,27H,12,14-15H2,1H3,(H2,25,30). The van der Waals surface area contributed by atoms with Crippen LogP contribution in [0.25, 0.3) is 16.9 Å². The van der Waals surface area contributed by atoms with Crippen LogP contribution in [-0.4, -0.2) is 31.9 Å². The maximum Gasteiger partial charge on any atom is 0.254 e. The van der Waals surface area contributed by atoms with Crippen LogP contribution in [0.5, 0.6) is 11.5 Å². The molecule has 0 aliphatic carbocycles. The normalized spacial score (nSPS) is 13.6. The Hall–Kier alpha value is -4.00. The molecule has 0 bridgehead atoms. The molecule has 5 rings (SSSR count). The van der Waals surface area contributed by atoms with E-state index in [-0.39, 0.29) is 0 Å². The van der Waals surface area contributed by atoms with Crippen molar-refractivity contribution in [3.05, 3.63) is 83.8 Å². The van der Waals surface area contributed by atoms with E-state index in [1.807, 2.05) is 72.1 Å². The van der Waals surface area contributed by atoms with Gasteiger partial charge in [0.15, 0.2) is 5.65 Å². The lowest BCUT2D eigenvalue weighted by Crippen LogP contribution is -2.26. The maximum absolute atomic E-state index is 12.4. The molecule has 1 aliphatic heterocycles. The lowest BCUT2D eigenvalue weighted by Gasteiger charge is -2.24. The van der Waals surface area contributed by atoms with Crippen molar-refractivity contribution in [2.24, 2.45) is 5.73 Å². The number of imidazole rings is 1. The quantitative estimate of drug-likeness (QED) is 0.515. The molecule has 0 fully saturated rings. The third kappa shape index (κ3) is 3.44. The van der Waals surface area contributed by atoms with E-state index in [1.165, 1.54) is 0 Å². The minimum atomic E-state index is -0.501. The summed E-state index contributed by atoms with van der Waals surface area (Å²) in [7, 11) is 0. The Balaban J connectivity index is 1.52. The van der Waals surface area contributed by atoms with Crippen molar-refractivity contribution in [3.8, 4) is 22.8 Å². The van der Waals surface area contributed by atoms with Crippen LogP contribution in [0.2, 0.25) is 0 Å². The minimum absolute atomic E-state index is 0.406. The molecular weight excluding hydrogens is 390 g/mol. The third-order valence-electron chi connectivity index (χ3n) is 5.47. The number of ether oxygens (including phenoxy) is 1. The molecule has 0 unspecified atom stereocenters. The van der Waals surface area contributed by atoms with Gasteiger partial charge in [-0.05, 0) is 49.5 Å². The van der Waals surface area contributed by atoms with Gasteiger partial charge in [-0.3, -0.25) is 9.89 Å². The van der Waals surface area contributed by atoms with Gasteiger partial charge < -0.3 is 15.4 Å². The van der Waals surface area contributed by atoms with Crippen LogP contribution in [0.15, 0.2) is 66.9 Å². The van der Waals surface area contributed by atoms with Crippen LogP contribution in [-0.2, 0) is 13.0 Å². The van der Waals surface area contributed by atoms with Gasteiger partial charge in [-0.25, -0.2) is 9.50 Å². The summed E-state index contributed by atoms with van der Waals surface area (Å²) in [5.41, 5.74) is 10.3. The number of aromatic amines is 1. The van der Waals surface area contributed by atoms with Crippen LogP contribution in [0, 0.1) is 0 Å². The Kier molecular flexibility index (Phi) is 4.71. The molecule has 156 valence electrons. The number of para-hydroxylation sites is 1. The molecule has 0 saturated heterocycles. The summed E-state index contributed by atoms with van der Waals surface area (Å²) in [6.45, 7) is 3.63. The zero-order valence-electron chi connectivity index (χ0n) is 17.2. The number of nitrogens with one attached hydrogen (secondary N) is 1. The monoisotopic (exact) mass is 413 g/mol.